The molecule has 4 aliphatic rings. The summed E-state index contributed by atoms with van der Waals surface area (Å²) >= 11 is 0. The quantitative estimate of drug-likeness (QED) is 0.446. The standard InChI is InChI=1S/C35H48O3Si/c1-33(2,3)39(26-12-8-6-9-13-26,27-14-10-7-11-15-27)38-25-20-21-34(4)24(22-25)16-17-28-29-18-19-31(36)35(29,5)32(37)23-30(28)34/h6-15,24-25,28-30,32,37H,16-23H2,1-5H3/t24-,25-,28+,29+,30+,32+,34+,35+/m1/s1. The summed E-state index contributed by atoms with van der Waals surface area (Å²) < 4.78 is 7.61. The number of Topliss-reactive ketones (excluding diaryl/α,β-unsaturated/α-hetero) is 1. The van der Waals surface area contributed by atoms with Crippen molar-refractivity contribution in [2.75, 3.05) is 0 Å². The Bertz CT molecular complexity index is 1150. The van der Waals surface area contributed by atoms with E-state index >= 15 is 0 Å². The van der Waals surface area contributed by atoms with Crippen molar-refractivity contribution < 1.29 is 14.3 Å². The molecule has 0 saturated heterocycles. The van der Waals surface area contributed by atoms with Crippen LogP contribution in [0.1, 0.15) is 86.0 Å². The summed E-state index contributed by atoms with van der Waals surface area (Å²) in [6.45, 7) is 11.7. The molecule has 210 valence electrons. The first kappa shape index (κ1) is 27.4. The molecule has 0 spiro atoms. The van der Waals surface area contributed by atoms with Crippen LogP contribution in [0.5, 0.6) is 0 Å². The summed E-state index contributed by atoms with van der Waals surface area (Å²) in [5.41, 5.74) is -0.282. The molecule has 0 heterocycles. The third-order valence-corrected chi connectivity index (χ3v) is 17.3. The predicted octanol–water partition coefficient (Wildman–Crippen LogP) is 6.51. The predicted molar refractivity (Wildman–Crippen MR) is 161 cm³/mol. The zero-order valence-corrected chi connectivity index (χ0v) is 25.7. The van der Waals surface area contributed by atoms with Crippen LogP contribution in [-0.2, 0) is 9.22 Å². The lowest BCUT2D eigenvalue weighted by Crippen LogP contribution is -2.68. The van der Waals surface area contributed by atoms with Crippen LogP contribution in [0.25, 0.3) is 0 Å². The highest BCUT2D eigenvalue weighted by molar-refractivity contribution is 6.99. The van der Waals surface area contributed by atoms with Crippen molar-refractivity contribution in [3.8, 4) is 0 Å². The number of carbonyl (C=O) groups is 1. The maximum Gasteiger partial charge on any atom is 0.261 e. The number of benzene rings is 2. The van der Waals surface area contributed by atoms with E-state index in [0.717, 1.165) is 32.1 Å². The molecule has 0 aromatic heterocycles. The average Bonchev–Trinajstić information content (AvgIpc) is 3.24. The van der Waals surface area contributed by atoms with E-state index in [1.165, 1.54) is 23.2 Å². The molecule has 0 amide bonds. The molecular weight excluding hydrogens is 496 g/mol. The number of aliphatic hydroxyl groups is 1. The minimum atomic E-state index is -2.58. The molecular formula is C35H48O3Si. The molecule has 6 rings (SSSR count). The van der Waals surface area contributed by atoms with Gasteiger partial charge in [0.1, 0.15) is 5.78 Å². The van der Waals surface area contributed by atoms with Gasteiger partial charge in [-0.15, -0.1) is 0 Å². The highest BCUT2D eigenvalue weighted by atomic mass is 28.4. The van der Waals surface area contributed by atoms with Crippen LogP contribution in [0.4, 0.5) is 0 Å². The number of aliphatic hydroxyl groups excluding tert-OH is 1. The monoisotopic (exact) mass is 544 g/mol. The van der Waals surface area contributed by atoms with Gasteiger partial charge in [-0.1, -0.05) is 88.4 Å². The molecule has 4 aliphatic carbocycles. The fraction of sp³-hybridized carbons (Fsp3) is 0.629. The molecule has 2 aromatic rings. The van der Waals surface area contributed by atoms with Crippen molar-refractivity contribution >= 4 is 24.5 Å². The van der Waals surface area contributed by atoms with Gasteiger partial charge >= 0.3 is 0 Å². The van der Waals surface area contributed by atoms with Crippen LogP contribution in [0.2, 0.25) is 5.04 Å². The first-order valence-corrected chi connectivity index (χ1v) is 17.4. The maximum absolute atomic E-state index is 12.9. The van der Waals surface area contributed by atoms with E-state index in [1.54, 1.807) is 0 Å². The van der Waals surface area contributed by atoms with Gasteiger partial charge in [0.25, 0.3) is 8.32 Å². The fourth-order valence-electron chi connectivity index (χ4n) is 10.0. The normalized spacial score (nSPS) is 38.6. The van der Waals surface area contributed by atoms with E-state index in [2.05, 4.69) is 95.3 Å². The molecule has 1 N–H and O–H groups in total. The lowest BCUT2D eigenvalue weighted by Gasteiger charge is -2.61. The Hall–Kier alpha value is -1.75. The van der Waals surface area contributed by atoms with Crippen molar-refractivity contribution in [2.24, 2.45) is 34.5 Å². The highest BCUT2D eigenvalue weighted by Crippen LogP contribution is 2.65. The molecule has 0 aliphatic heterocycles. The number of carbonyl (C=O) groups excluding carboxylic acids is 1. The topological polar surface area (TPSA) is 46.5 Å². The molecule has 0 bridgehead atoms. The zero-order valence-electron chi connectivity index (χ0n) is 24.7. The molecule has 4 heteroatoms. The molecule has 8 atom stereocenters. The van der Waals surface area contributed by atoms with Gasteiger partial charge < -0.3 is 9.53 Å². The Balaban J connectivity index is 1.30. The van der Waals surface area contributed by atoms with E-state index in [0.29, 0.717) is 35.9 Å². The summed E-state index contributed by atoms with van der Waals surface area (Å²) in [6.07, 6.45) is 8.00. The van der Waals surface area contributed by atoms with Crippen LogP contribution in [0.15, 0.2) is 60.7 Å². The Labute approximate surface area is 236 Å². The smallest absolute Gasteiger partial charge is 0.261 e. The molecule has 0 unspecified atom stereocenters. The van der Waals surface area contributed by atoms with Crippen LogP contribution < -0.4 is 10.4 Å². The number of hydrogen-bond donors (Lipinski definition) is 1. The van der Waals surface area contributed by atoms with Gasteiger partial charge in [0.2, 0.25) is 0 Å². The lowest BCUT2D eigenvalue weighted by molar-refractivity contribution is -0.168. The maximum atomic E-state index is 12.9. The molecule has 2 aromatic carbocycles. The summed E-state index contributed by atoms with van der Waals surface area (Å²) in [5.74, 6) is 2.39. The summed E-state index contributed by atoms with van der Waals surface area (Å²) in [7, 11) is -2.58. The number of hydrogen-bond acceptors (Lipinski definition) is 3. The lowest BCUT2D eigenvalue weighted by atomic mass is 9.44. The van der Waals surface area contributed by atoms with Crippen molar-refractivity contribution in [2.45, 2.75) is 103 Å². The Morgan fingerprint density at radius 3 is 2.05 bits per heavy atom. The summed E-state index contributed by atoms with van der Waals surface area (Å²) in [4.78, 5) is 12.9. The minimum Gasteiger partial charge on any atom is -0.404 e. The number of ketones is 1. The van der Waals surface area contributed by atoms with Gasteiger partial charge in [-0.3, -0.25) is 4.79 Å². The third kappa shape index (κ3) is 4.07. The summed E-state index contributed by atoms with van der Waals surface area (Å²) in [6, 6.07) is 22.1. The van der Waals surface area contributed by atoms with Gasteiger partial charge in [-0.05, 0) is 96.4 Å². The first-order valence-electron chi connectivity index (χ1n) is 15.5. The highest BCUT2D eigenvalue weighted by Gasteiger charge is 2.64. The van der Waals surface area contributed by atoms with E-state index in [9.17, 15) is 9.90 Å². The SMILES string of the molecule is CC(C)(C)[Si](O[C@@H]1CC[C@@]2(C)[C@H](CC[C@@H]3[C@@H]2C[C@H](O)[C@]2(C)C(=O)CC[C@@H]32)C1)(c1ccccc1)c1ccccc1. The first-order chi connectivity index (χ1) is 18.5. The van der Waals surface area contributed by atoms with Gasteiger partial charge in [-0.2, -0.15) is 0 Å². The second kappa shape index (κ2) is 9.67. The van der Waals surface area contributed by atoms with Crippen LogP contribution >= 0.6 is 0 Å². The fourth-order valence-corrected chi connectivity index (χ4v) is 14.7. The van der Waals surface area contributed by atoms with Crippen LogP contribution in [-0.4, -0.2) is 31.4 Å². The zero-order chi connectivity index (χ0) is 27.6. The van der Waals surface area contributed by atoms with Crippen molar-refractivity contribution in [1.82, 2.24) is 0 Å². The van der Waals surface area contributed by atoms with Gasteiger partial charge in [-0.25, -0.2) is 0 Å². The van der Waals surface area contributed by atoms with E-state index in [1.807, 2.05) is 0 Å². The second-order valence-electron chi connectivity index (χ2n) is 14.8. The minimum absolute atomic E-state index is 0.0128. The van der Waals surface area contributed by atoms with Crippen molar-refractivity contribution in [3.63, 3.8) is 0 Å². The van der Waals surface area contributed by atoms with Crippen molar-refractivity contribution in [3.05, 3.63) is 60.7 Å². The third-order valence-electron chi connectivity index (χ3n) is 12.2. The largest absolute Gasteiger partial charge is 0.404 e. The molecule has 39 heavy (non-hydrogen) atoms. The number of fused-ring (bicyclic) bond motifs is 5. The molecule has 0 radical (unpaired) electrons. The molecule has 4 fully saturated rings. The molecule has 3 nitrogen and oxygen atoms in total. The van der Waals surface area contributed by atoms with Crippen molar-refractivity contribution in [1.29, 1.82) is 0 Å². The Morgan fingerprint density at radius 1 is 0.846 bits per heavy atom. The van der Waals surface area contributed by atoms with Gasteiger partial charge in [0, 0.05) is 12.5 Å². The second-order valence-corrected chi connectivity index (χ2v) is 19.1. The van der Waals surface area contributed by atoms with E-state index in [-0.39, 0.29) is 16.6 Å². The van der Waals surface area contributed by atoms with Gasteiger partial charge in [0.05, 0.1) is 11.5 Å². The van der Waals surface area contributed by atoms with E-state index in [4.69, 9.17) is 4.43 Å². The number of rotatable bonds is 4. The molecule has 4 saturated carbocycles. The Morgan fingerprint density at radius 2 is 1.46 bits per heavy atom. The van der Waals surface area contributed by atoms with E-state index < -0.39 is 19.8 Å². The summed E-state index contributed by atoms with van der Waals surface area (Å²) in [5, 5.41) is 14.1. The average molecular weight is 545 g/mol. The van der Waals surface area contributed by atoms with Gasteiger partial charge in [0.15, 0.2) is 0 Å². The van der Waals surface area contributed by atoms with Crippen LogP contribution in [0, 0.1) is 34.5 Å². The Kier molecular flexibility index (Phi) is 6.80. The van der Waals surface area contributed by atoms with Crippen LogP contribution in [0.3, 0.4) is 0 Å².